The zero-order valence-electron chi connectivity index (χ0n) is 20.5. The molecule has 0 bridgehead atoms. The fourth-order valence-electron chi connectivity index (χ4n) is 3.72. The van der Waals surface area contributed by atoms with Crippen molar-refractivity contribution in [2.45, 2.75) is 33.3 Å². The number of hydrogen-bond acceptors (Lipinski definition) is 5. The van der Waals surface area contributed by atoms with Gasteiger partial charge in [0.05, 0.1) is 23.9 Å². The van der Waals surface area contributed by atoms with Gasteiger partial charge in [0.2, 0.25) is 5.91 Å². The first-order chi connectivity index (χ1) is 17.6. The molecule has 9 heteroatoms. The number of ether oxygens (including phenoxy) is 1. The third-order valence-electron chi connectivity index (χ3n) is 5.55. The molecule has 0 fully saturated rings. The van der Waals surface area contributed by atoms with Crippen molar-refractivity contribution in [2.24, 2.45) is 0 Å². The number of rotatable bonds is 8. The number of anilines is 3. The molecular formula is C28H25Cl2N3O4. The van der Waals surface area contributed by atoms with Crippen molar-refractivity contribution in [3.63, 3.8) is 0 Å². The largest absolute Gasteiger partial charge is 0.489 e. The van der Waals surface area contributed by atoms with Crippen molar-refractivity contribution in [3.05, 3.63) is 93.6 Å². The van der Waals surface area contributed by atoms with Gasteiger partial charge in [-0.3, -0.25) is 14.4 Å². The van der Waals surface area contributed by atoms with Gasteiger partial charge in [-0.05, 0) is 68.3 Å². The van der Waals surface area contributed by atoms with Crippen LogP contribution in [0.5, 0.6) is 5.75 Å². The van der Waals surface area contributed by atoms with Crippen LogP contribution in [-0.2, 0) is 20.8 Å². The molecule has 190 valence electrons. The zero-order chi connectivity index (χ0) is 26.7. The van der Waals surface area contributed by atoms with Crippen LogP contribution in [-0.4, -0.2) is 23.8 Å². The smallest absolute Gasteiger partial charge is 0.283 e. The summed E-state index contributed by atoms with van der Waals surface area (Å²) in [5.74, 6) is -0.812. The van der Waals surface area contributed by atoms with Gasteiger partial charge in [-0.1, -0.05) is 53.5 Å². The number of nitrogens with one attached hydrogen (secondary N) is 2. The molecule has 1 heterocycles. The number of carbonyl (C=O) groups is 3. The summed E-state index contributed by atoms with van der Waals surface area (Å²) < 4.78 is 5.75. The summed E-state index contributed by atoms with van der Waals surface area (Å²) in [5.41, 5.74) is 3.03. The lowest BCUT2D eigenvalue weighted by Gasteiger charge is -2.16. The lowest BCUT2D eigenvalue weighted by molar-refractivity contribution is -0.120. The summed E-state index contributed by atoms with van der Waals surface area (Å²) in [7, 11) is 0. The standard InChI is InChI=1S/C28H25Cl2N3O4/c1-16(2)37-23-7-5-4-6-22(23)32-24(34)14-18-9-11-19(12-10-18)31-26-25(30)27(35)33(28(26)36)20-13-8-17(3)21(29)15-20/h4-13,15-16,31H,14H2,1-3H3,(H,32,34). The van der Waals surface area contributed by atoms with Crippen molar-refractivity contribution in [3.8, 4) is 5.75 Å². The zero-order valence-corrected chi connectivity index (χ0v) is 22.0. The average molecular weight is 538 g/mol. The van der Waals surface area contributed by atoms with Crippen LogP contribution in [0.1, 0.15) is 25.0 Å². The van der Waals surface area contributed by atoms with Crippen LogP contribution in [0.25, 0.3) is 0 Å². The Morgan fingerprint density at radius 3 is 2.35 bits per heavy atom. The molecule has 0 radical (unpaired) electrons. The van der Waals surface area contributed by atoms with E-state index < -0.39 is 11.8 Å². The van der Waals surface area contributed by atoms with Gasteiger partial charge in [-0.2, -0.15) is 0 Å². The van der Waals surface area contributed by atoms with Gasteiger partial charge in [0.25, 0.3) is 11.8 Å². The van der Waals surface area contributed by atoms with E-state index in [-0.39, 0.29) is 29.2 Å². The fraction of sp³-hybridized carbons (Fsp3) is 0.179. The van der Waals surface area contributed by atoms with Gasteiger partial charge in [0, 0.05) is 10.7 Å². The fourth-order valence-corrected chi connectivity index (χ4v) is 4.11. The Morgan fingerprint density at radius 2 is 1.68 bits per heavy atom. The average Bonchev–Trinajstić information content (AvgIpc) is 3.06. The minimum Gasteiger partial charge on any atom is -0.489 e. The Kier molecular flexibility index (Phi) is 7.86. The second kappa shape index (κ2) is 11.1. The van der Waals surface area contributed by atoms with E-state index in [0.29, 0.717) is 27.8 Å². The van der Waals surface area contributed by atoms with Crippen LogP contribution in [0.2, 0.25) is 5.02 Å². The van der Waals surface area contributed by atoms with Crippen LogP contribution in [0, 0.1) is 6.92 Å². The molecule has 7 nitrogen and oxygen atoms in total. The van der Waals surface area contributed by atoms with E-state index in [0.717, 1.165) is 16.0 Å². The van der Waals surface area contributed by atoms with Crippen molar-refractivity contribution >= 4 is 58.0 Å². The van der Waals surface area contributed by atoms with Crippen LogP contribution < -0.4 is 20.3 Å². The maximum atomic E-state index is 13.0. The number of nitrogens with zero attached hydrogens (tertiary/aromatic N) is 1. The van der Waals surface area contributed by atoms with E-state index in [2.05, 4.69) is 10.6 Å². The Balaban J connectivity index is 1.42. The maximum Gasteiger partial charge on any atom is 0.283 e. The predicted molar refractivity (Wildman–Crippen MR) is 146 cm³/mol. The molecular weight excluding hydrogens is 513 g/mol. The molecule has 1 aliphatic rings. The monoisotopic (exact) mass is 537 g/mol. The van der Waals surface area contributed by atoms with Crippen molar-refractivity contribution in [1.82, 2.24) is 0 Å². The first-order valence-electron chi connectivity index (χ1n) is 11.6. The second-order valence-electron chi connectivity index (χ2n) is 8.78. The summed E-state index contributed by atoms with van der Waals surface area (Å²) >= 11 is 12.4. The predicted octanol–water partition coefficient (Wildman–Crippen LogP) is 6.05. The molecule has 0 aliphatic carbocycles. The number of halogens is 2. The summed E-state index contributed by atoms with van der Waals surface area (Å²) in [6, 6.07) is 19.1. The highest BCUT2D eigenvalue weighted by molar-refractivity contribution is 6.53. The molecule has 0 unspecified atom stereocenters. The van der Waals surface area contributed by atoms with Gasteiger partial charge < -0.3 is 15.4 Å². The highest BCUT2D eigenvalue weighted by atomic mass is 35.5. The summed E-state index contributed by atoms with van der Waals surface area (Å²) in [4.78, 5) is 39.3. The van der Waals surface area contributed by atoms with Gasteiger partial charge in [-0.25, -0.2) is 4.90 Å². The molecule has 0 saturated carbocycles. The maximum absolute atomic E-state index is 13.0. The van der Waals surface area contributed by atoms with E-state index in [1.807, 2.05) is 32.9 Å². The molecule has 0 spiro atoms. The number of para-hydroxylation sites is 2. The van der Waals surface area contributed by atoms with E-state index in [1.165, 1.54) is 0 Å². The van der Waals surface area contributed by atoms with Crippen molar-refractivity contribution in [1.29, 1.82) is 0 Å². The molecule has 4 rings (SSSR count). The van der Waals surface area contributed by atoms with Crippen molar-refractivity contribution < 1.29 is 19.1 Å². The van der Waals surface area contributed by atoms with Crippen LogP contribution in [0.15, 0.2) is 77.5 Å². The molecule has 1 aliphatic heterocycles. The number of carbonyl (C=O) groups excluding carboxylic acids is 3. The molecule has 2 N–H and O–H groups in total. The van der Waals surface area contributed by atoms with E-state index in [9.17, 15) is 14.4 Å². The Labute approximate surface area is 225 Å². The first-order valence-corrected chi connectivity index (χ1v) is 12.4. The molecule has 37 heavy (non-hydrogen) atoms. The minimum atomic E-state index is -0.635. The Bertz CT molecular complexity index is 1400. The second-order valence-corrected chi connectivity index (χ2v) is 9.56. The highest BCUT2D eigenvalue weighted by Crippen LogP contribution is 2.32. The van der Waals surface area contributed by atoms with Gasteiger partial charge in [-0.15, -0.1) is 0 Å². The number of imide groups is 1. The van der Waals surface area contributed by atoms with E-state index >= 15 is 0 Å². The number of aryl methyl sites for hydroxylation is 1. The first kappa shape index (κ1) is 26.3. The third kappa shape index (κ3) is 5.96. The van der Waals surface area contributed by atoms with E-state index in [4.69, 9.17) is 27.9 Å². The summed E-state index contributed by atoms with van der Waals surface area (Å²) in [6.07, 6.45) is 0.115. The number of benzene rings is 3. The molecule has 0 saturated heterocycles. The van der Waals surface area contributed by atoms with Gasteiger partial charge in [0.1, 0.15) is 16.5 Å². The number of amides is 3. The van der Waals surface area contributed by atoms with Crippen LogP contribution in [0.3, 0.4) is 0 Å². The quantitative estimate of drug-likeness (QED) is 0.341. The lowest BCUT2D eigenvalue weighted by atomic mass is 10.1. The van der Waals surface area contributed by atoms with Gasteiger partial charge in [0.15, 0.2) is 0 Å². The number of hydrogen-bond donors (Lipinski definition) is 2. The lowest BCUT2D eigenvalue weighted by Crippen LogP contribution is -2.32. The normalized spacial score (nSPS) is 13.4. The van der Waals surface area contributed by atoms with Crippen molar-refractivity contribution in [2.75, 3.05) is 15.5 Å². The van der Waals surface area contributed by atoms with Gasteiger partial charge >= 0.3 is 0 Å². The third-order valence-corrected chi connectivity index (χ3v) is 6.31. The topological polar surface area (TPSA) is 87.7 Å². The molecule has 0 aromatic heterocycles. The SMILES string of the molecule is Cc1ccc(N2C(=O)C(Cl)=C(Nc3ccc(CC(=O)Nc4ccccc4OC(C)C)cc3)C2=O)cc1Cl. The summed E-state index contributed by atoms with van der Waals surface area (Å²) in [6.45, 7) is 5.66. The highest BCUT2D eigenvalue weighted by Gasteiger charge is 2.39. The van der Waals surface area contributed by atoms with E-state index in [1.54, 1.807) is 54.6 Å². The molecule has 3 aromatic rings. The summed E-state index contributed by atoms with van der Waals surface area (Å²) in [5, 5.41) is 6.03. The Morgan fingerprint density at radius 1 is 0.973 bits per heavy atom. The van der Waals surface area contributed by atoms with Crippen LogP contribution in [0.4, 0.5) is 17.1 Å². The minimum absolute atomic E-state index is 0.0227. The Hall–Kier alpha value is -3.81. The molecule has 3 amide bonds. The molecule has 3 aromatic carbocycles. The van der Waals surface area contributed by atoms with Crippen LogP contribution >= 0.6 is 23.2 Å². The molecule has 0 atom stereocenters.